The maximum Gasteiger partial charge on any atom is 0.414 e. The van der Waals surface area contributed by atoms with E-state index in [4.69, 9.17) is 18.9 Å². The van der Waals surface area contributed by atoms with Crippen LogP contribution in [0.4, 0.5) is 14.4 Å². The van der Waals surface area contributed by atoms with Gasteiger partial charge in [-0.3, -0.25) is 4.79 Å². The monoisotopic (exact) mass is 527 g/mol. The minimum Gasteiger partial charge on any atom is -0.484 e. The predicted octanol–water partition coefficient (Wildman–Crippen LogP) is 4.74. The third-order valence-electron chi connectivity index (χ3n) is 6.18. The SMILES string of the molecule is CCN(C)C(=O)Oc1ccc(C2CC(=O)c3c(OC(=O)N(C)CC)cc(OC(=O)N(C)CC)cc3O2)cc1. The van der Waals surface area contributed by atoms with Crippen LogP contribution >= 0.6 is 0 Å². The van der Waals surface area contributed by atoms with Gasteiger partial charge in [-0.1, -0.05) is 12.1 Å². The summed E-state index contributed by atoms with van der Waals surface area (Å²) in [5.74, 6) is 0.178. The molecule has 11 heteroatoms. The zero-order chi connectivity index (χ0) is 28.0. The van der Waals surface area contributed by atoms with Crippen LogP contribution in [0.25, 0.3) is 0 Å². The molecule has 1 aliphatic rings. The summed E-state index contributed by atoms with van der Waals surface area (Å²) in [4.78, 5) is 54.2. The average molecular weight is 528 g/mol. The average Bonchev–Trinajstić information content (AvgIpc) is 2.91. The van der Waals surface area contributed by atoms with Crippen molar-refractivity contribution in [1.82, 2.24) is 14.7 Å². The lowest BCUT2D eigenvalue weighted by Crippen LogP contribution is -2.31. The largest absolute Gasteiger partial charge is 0.484 e. The smallest absolute Gasteiger partial charge is 0.414 e. The van der Waals surface area contributed by atoms with Crippen molar-refractivity contribution in [1.29, 1.82) is 0 Å². The Morgan fingerprint density at radius 1 is 0.789 bits per heavy atom. The molecule has 0 saturated heterocycles. The highest BCUT2D eigenvalue weighted by Gasteiger charge is 2.33. The van der Waals surface area contributed by atoms with Crippen LogP contribution in [-0.2, 0) is 0 Å². The highest BCUT2D eigenvalue weighted by Crippen LogP contribution is 2.43. The molecule has 204 valence electrons. The van der Waals surface area contributed by atoms with E-state index in [9.17, 15) is 19.2 Å². The van der Waals surface area contributed by atoms with Crippen LogP contribution < -0.4 is 18.9 Å². The molecule has 0 radical (unpaired) electrons. The second-order valence-electron chi connectivity index (χ2n) is 8.74. The lowest BCUT2D eigenvalue weighted by Gasteiger charge is -2.28. The van der Waals surface area contributed by atoms with E-state index < -0.39 is 24.4 Å². The second-order valence-corrected chi connectivity index (χ2v) is 8.74. The van der Waals surface area contributed by atoms with Crippen molar-refractivity contribution in [2.75, 3.05) is 40.8 Å². The Morgan fingerprint density at radius 2 is 1.29 bits per heavy atom. The maximum absolute atomic E-state index is 13.2. The van der Waals surface area contributed by atoms with Gasteiger partial charge in [0.1, 0.15) is 28.9 Å². The number of amides is 3. The Kier molecular flexibility index (Phi) is 9.16. The highest BCUT2D eigenvalue weighted by molar-refractivity contribution is 6.03. The third kappa shape index (κ3) is 6.53. The standard InChI is InChI=1S/C27H33N3O8/c1-7-28(4)25(32)35-18-12-10-17(11-13-18)21-16-20(31)24-22(37-21)14-19(36-26(33)29(5)8-2)15-23(24)38-27(34)30(6)9-3/h10-15,21H,7-9,16H2,1-6H3. The minimum absolute atomic E-state index is 0.0173. The predicted molar refractivity (Wildman–Crippen MR) is 138 cm³/mol. The van der Waals surface area contributed by atoms with Crippen molar-refractivity contribution in [3.8, 4) is 23.0 Å². The van der Waals surface area contributed by atoms with Gasteiger partial charge in [-0.05, 0) is 38.5 Å². The van der Waals surface area contributed by atoms with Crippen LogP contribution in [0.15, 0.2) is 36.4 Å². The number of carbonyl (C=O) groups is 4. The van der Waals surface area contributed by atoms with E-state index in [1.807, 2.05) is 6.92 Å². The van der Waals surface area contributed by atoms with Crippen LogP contribution in [-0.4, -0.2) is 79.5 Å². The Labute approximate surface area is 221 Å². The van der Waals surface area contributed by atoms with Gasteiger partial charge in [0.05, 0.1) is 6.42 Å². The van der Waals surface area contributed by atoms with E-state index in [0.29, 0.717) is 30.9 Å². The molecule has 0 aromatic heterocycles. The molecule has 38 heavy (non-hydrogen) atoms. The number of carbonyl (C=O) groups excluding carboxylic acids is 4. The van der Waals surface area contributed by atoms with Crippen molar-refractivity contribution < 1.29 is 38.1 Å². The summed E-state index contributed by atoms with van der Waals surface area (Å²) < 4.78 is 22.4. The summed E-state index contributed by atoms with van der Waals surface area (Å²) in [7, 11) is 4.77. The first-order valence-electron chi connectivity index (χ1n) is 12.3. The van der Waals surface area contributed by atoms with E-state index >= 15 is 0 Å². The van der Waals surface area contributed by atoms with Crippen LogP contribution in [0.1, 0.15) is 49.2 Å². The number of hydrogen-bond acceptors (Lipinski definition) is 8. The molecular formula is C27H33N3O8. The topological polar surface area (TPSA) is 115 Å². The Hall–Kier alpha value is -4.28. The number of Topliss-reactive ketones (excluding diaryl/α,β-unsaturated/α-hetero) is 1. The summed E-state index contributed by atoms with van der Waals surface area (Å²) in [5.41, 5.74) is 0.765. The Bertz CT molecular complexity index is 1200. The molecule has 0 bridgehead atoms. The molecule has 11 nitrogen and oxygen atoms in total. The third-order valence-corrected chi connectivity index (χ3v) is 6.18. The normalized spacial score (nSPS) is 14.1. The van der Waals surface area contributed by atoms with Gasteiger partial charge in [0.25, 0.3) is 0 Å². The number of fused-ring (bicyclic) bond motifs is 1. The first kappa shape index (κ1) is 28.3. The highest BCUT2D eigenvalue weighted by atomic mass is 16.6. The maximum atomic E-state index is 13.2. The fourth-order valence-corrected chi connectivity index (χ4v) is 3.39. The second kappa shape index (κ2) is 12.3. The van der Waals surface area contributed by atoms with Crippen molar-refractivity contribution >= 4 is 24.1 Å². The Morgan fingerprint density at radius 3 is 1.82 bits per heavy atom. The van der Waals surface area contributed by atoms with E-state index in [1.54, 1.807) is 59.3 Å². The minimum atomic E-state index is -0.669. The number of rotatable bonds is 7. The molecule has 1 atom stereocenters. The lowest BCUT2D eigenvalue weighted by atomic mass is 9.95. The van der Waals surface area contributed by atoms with Crippen molar-refractivity contribution in [2.45, 2.75) is 33.3 Å². The molecule has 0 saturated carbocycles. The molecule has 0 spiro atoms. The Balaban J connectivity index is 1.91. The van der Waals surface area contributed by atoms with Crippen LogP contribution in [0, 0.1) is 0 Å². The van der Waals surface area contributed by atoms with Gasteiger partial charge in [-0.2, -0.15) is 0 Å². The summed E-state index contributed by atoms with van der Waals surface area (Å²) in [5, 5.41) is 0. The number of hydrogen-bond donors (Lipinski definition) is 0. The first-order valence-corrected chi connectivity index (χ1v) is 12.3. The van der Waals surface area contributed by atoms with Crippen LogP contribution in [0.2, 0.25) is 0 Å². The molecule has 0 aliphatic carbocycles. The molecule has 1 aliphatic heterocycles. The number of ether oxygens (including phenoxy) is 4. The zero-order valence-electron chi connectivity index (χ0n) is 22.5. The van der Waals surface area contributed by atoms with Gasteiger partial charge in [0.2, 0.25) is 0 Å². The lowest BCUT2D eigenvalue weighted by molar-refractivity contribution is 0.0843. The number of ketones is 1. The van der Waals surface area contributed by atoms with Gasteiger partial charge in [-0.15, -0.1) is 0 Å². The molecule has 0 N–H and O–H groups in total. The van der Waals surface area contributed by atoms with Gasteiger partial charge >= 0.3 is 18.3 Å². The van der Waals surface area contributed by atoms with Crippen molar-refractivity contribution in [2.24, 2.45) is 0 Å². The summed E-state index contributed by atoms with van der Waals surface area (Å²) in [6, 6.07) is 9.40. The molecule has 1 heterocycles. The first-order chi connectivity index (χ1) is 18.1. The van der Waals surface area contributed by atoms with Crippen molar-refractivity contribution in [3.63, 3.8) is 0 Å². The molecule has 0 fully saturated rings. The molecule has 1 unspecified atom stereocenters. The number of benzene rings is 2. The molecule has 3 amide bonds. The molecule has 2 aromatic carbocycles. The van der Waals surface area contributed by atoms with E-state index in [2.05, 4.69) is 0 Å². The van der Waals surface area contributed by atoms with Gasteiger partial charge in [0.15, 0.2) is 11.5 Å². The summed E-state index contributed by atoms with van der Waals surface area (Å²) in [6.07, 6.45) is -2.45. The van der Waals surface area contributed by atoms with E-state index in [0.717, 1.165) is 0 Å². The summed E-state index contributed by atoms with van der Waals surface area (Å²) >= 11 is 0. The molecular weight excluding hydrogens is 494 g/mol. The van der Waals surface area contributed by atoms with Crippen molar-refractivity contribution in [3.05, 3.63) is 47.5 Å². The van der Waals surface area contributed by atoms with Gasteiger partial charge < -0.3 is 33.6 Å². The zero-order valence-corrected chi connectivity index (χ0v) is 22.5. The van der Waals surface area contributed by atoms with E-state index in [-0.39, 0.29) is 35.0 Å². The summed E-state index contributed by atoms with van der Waals surface area (Å²) in [6.45, 7) is 6.73. The fraction of sp³-hybridized carbons (Fsp3) is 0.407. The fourth-order valence-electron chi connectivity index (χ4n) is 3.39. The van der Waals surface area contributed by atoms with E-state index in [1.165, 1.54) is 26.8 Å². The molecule has 2 aromatic rings. The number of nitrogens with zero attached hydrogens (tertiary/aromatic N) is 3. The van der Waals surface area contributed by atoms with Gasteiger partial charge in [0, 0.05) is 52.9 Å². The quantitative estimate of drug-likeness (QED) is 0.507. The van der Waals surface area contributed by atoms with Gasteiger partial charge in [-0.25, -0.2) is 14.4 Å². The molecule has 3 rings (SSSR count). The van der Waals surface area contributed by atoms with Crippen LogP contribution in [0.3, 0.4) is 0 Å². The van der Waals surface area contributed by atoms with Crippen LogP contribution in [0.5, 0.6) is 23.0 Å².